The molecule has 1 aromatic carbocycles. The second kappa shape index (κ2) is 10.5. The lowest BCUT2D eigenvalue weighted by molar-refractivity contribution is -0.142. The zero-order chi connectivity index (χ0) is 20.1. The highest BCUT2D eigenvalue weighted by atomic mass is 127. The Morgan fingerprint density at radius 3 is 2.52 bits per heavy atom. The van der Waals surface area contributed by atoms with E-state index in [1.54, 1.807) is 13.1 Å². The number of piperazine rings is 1. The lowest BCUT2D eigenvalue weighted by Gasteiger charge is -2.37. The summed E-state index contributed by atoms with van der Waals surface area (Å²) in [6.07, 6.45) is -2.98. The van der Waals surface area contributed by atoms with Gasteiger partial charge in [0.1, 0.15) is 6.10 Å². The van der Waals surface area contributed by atoms with E-state index >= 15 is 0 Å². The number of hydrogen-bond donors (Lipinski definition) is 1. The van der Waals surface area contributed by atoms with E-state index in [1.807, 2.05) is 9.80 Å². The summed E-state index contributed by atoms with van der Waals surface area (Å²) < 4.78 is 44.0. The van der Waals surface area contributed by atoms with Crippen molar-refractivity contribution in [2.75, 3.05) is 39.8 Å². The fourth-order valence-electron chi connectivity index (χ4n) is 3.49. The molecule has 0 spiro atoms. The van der Waals surface area contributed by atoms with Crippen LogP contribution in [0, 0.1) is 0 Å². The van der Waals surface area contributed by atoms with Gasteiger partial charge in [0.2, 0.25) is 0 Å². The van der Waals surface area contributed by atoms with Crippen molar-refractivity contribution < 1.29 is 22.7 Å². The van der Waals surface area contributed by atoms with Crippen LogP contribution in [0.15, 0.2) is 29.3 Å². The molecule has 6 nitrogen and oxygen atoms in total. The Balaban J connectivity index is 0.00000300. The van der Waals surface area contributed by atoms with Crippen LogP contribution in [0.25, 0.3) is 0 Å². The third-order valence-corrected chi connectivity index (χ3v) is 5.01. The number of aliphatic imine (C=N–C) groups is 1. The molecule has 29 heavy (non-hydrogen) atoms. The minimum absolute atomic E-state index is 0. The molecule has 0 radical (unpaired) electrons. The maximum Gasteiger partial charge on any atom is 0.416 e. The Morgan fingerprint density at radius 2 is 1.93 bits per heavy atom. The van der Waals surface area contributed by atoms with Crippen molar-refractivity contribution in [3.8, 4) is 0 Å². The van der Waals surface area contributed by atoms with Crippen molar-refractivity contribution in [1.29, 1.82) is 0 Å². The maximum absolute atomic E-state index is 12.8. The highest BCUT2D eigenvalue weighted by molar-refractivity contribution is 14.0. The standard InChI is InChI=1S/C19H25F3N4O2.HI/c1-23-18(24-13-14-4-2-5-15(12-14)19(20,21)22)26-9-7-25(8-10-26)17(27)16-6-3-11-28-16;/h2,4-5,12,16H,3,6-11,13H2,1H3,(H,23,24);1H. The SMILES string of the molecule is CN=C(NCc1cccc(C(F)(F)F)c1)N1CCN(C(=O)C2CCCO2)CC1.I. The third kappa shape index (κ3) is 6.21. The van der Waals surface area contributed by atoms with Crippen LogP contribution >= 0.6 is 24.0 Å². The lowest BCUT2D eigenvalue weighted by Crippen LogP contribution is -2.55. The van der Waals surface area contributed by atoms with Gasteiger partial charge in [0.15, 0.2) is 5.96 Å². The van der Waals surface area contributed by atoms with Crippen LogP contribution in [0.4, 0.5) is 13.2 Å². The van der Waals surface area contributed by atoms with Crippen LogP contribution in [-0.2, 0) is 22.3 Å². The van der Waals surface area contributed by atoms with Gasteiger partial charge in [-0.25, -0.2) is 0 Å². The molecule has 162 valence electrons. The molecular weight excluding hydrogens is 500 g/mol. The van der Waals surface area contributed by atoms with Crippen LogP contribution in [0.1, 0.15) is 24.0 Å². The number of hydrogen-bond acceptors (Lipinski definition) is 3. The molecule has 1 amide bonds. The van der Waals surface area contributed by atoms with Crippen LogP contribution < -0.4 is 5.32 Å². The van der Waals surface area contributed by atoms with Gasteiger partial charge in [-0.15, -0.1) is 24.0 Å². The van der Waals surface area contributed by atoms with E-state index in [2.05, 4.69) is 10.3 Å². The van der Waals surface area contributed by atoms with Crippen LogP contribution in [0.3, 0.4) is 0 Å². The molecule has 2 fully saturated rings. The van der Waals surface area contributed by atoms with Gasteiger partial charge < -0.3 is 19.9 Å². The summed E-state index contributed by atoms with van der Waals surface area (Å²) in [6.45, 7) is 3.25. The van der Waals surface area contributed by atoms with Crippen molar-refractivity contribution >= 4 is 35.8 Å². The first-order valence-corrected chi connectivity index (χ1v) is 9.40. The zero-order valence-electron chi connectivity index (χ0n) is 16.2. The molecule has 10 heteroatoms. The van der Waals surface area contributed by atoms with Gasteiger partial charge >= 0.3 is 6.18 Å². The molecule has 1 aromatic rings. The molecule has 0 saturated carbocycles. The van der Waals surface area contributed by atoms with Gasteiger partial charge in [-0.05, 0) is 30.5 Å². The maximum atomic E-state index is 12.8. The molecule has 1 unspecified atom stereocenters. The molecule has 2 heterocycles. The molecule has 2 aliphatic heterocycles. The Kier molecular flexibility index (Phi) is 8.56. The Hall–Kier alpha value is -1.56. The number of benzene rings is 1. The number of carbonyl (C=O) groups is 1. The minimum atomic E-state index is -4.36. The molecular formula is C19H26F3IN4O2. The molecule has 0 aromatic heterocycles. The van der Waals surface area contributed by atoms with Crippen molar-refractivity contribution in [1.82, 2.24) is 15.1 Å². The minimum Gasteiger partial charge on any atom is -0.368 e. The highest BCUT2D eigenvalue weighted by Gasteiger charge is 2.31. The van der Waals surface area contributed by atoms with Gasteiger partial charge in [-0.3, -0.25) is 9.79 Å². The number of alkyl halides is 3. The number of amides is 1. The first-order valence-electron chi connectivity index (χ1n) is 9.40. The molecule has 0 bridgehead atoms. The molecule has 1 atom stereocenters. The fraction of sp³-hybridized carbons (Fsp3) is 0.579. The number of nitrogens with zero attached hydrogens (tertiary/aromatic N) is 3. The van der Waals surface area contributed by atoms with E-state index < -0.39 is 11.7 Å². The van der Waals surface area contributed by atoms with Crippen LogP contribution in [0.5, 0.6) is 0 Å². The van der Waals surface area contributed by atoms with Crippen molar-refractivity contribution in [2.24, 2.45) is 4.99 Å². The van der Waals surface area contributed by atoms with Crippen LogP contribution in [0.2, 0.25) is 0 Å². The van der Waals surface area contributed by atoms with E-state index in [0.717, 1.165) is 25.0 Å². The van der Waals surface area contributed by atoms with E-state index in [0.29, 0.717) is 44.3 Å². The molecule has 2 aliphatic rings. The monoisotopic (exact) mass is 526 g/mol. The summed E-state index contributed by atoms with van der Waals surface area (Å²) in [5, 5.41) is 3.11. The first-order chi connectivity index (χ1) is 13.4. The number of halogens is 4. The number of ether oxygens (including phenoxy) is 1. The van der Waals surface area contributed by atoms with Crippen molar-refractivity contribution in [3.05, 3.63) is 35.4 Å². The van der Waals surface area contributed by atoms with Crippen molar-refractivity contribution in [3.63, 3.8) is 0 Å². The second-order valence-electron chi connectivity index (χ2n) is 6.91. The summed E-state index contributed by atoms with van der Waals surface area (Å²) in [4.78, 5) is 20.5. The van der Waals surface area contributed by atoms with Gasteiger partial charge in [0.25, 0.3) is 5.91 Å². The van der Waals surface area contributed by atoms with Gasteiger partial charge in [-0.1, -0.05) is 12.1 Å². The molecule has 3 rings (SSSR count). The van der Waals surface area contributed by atoms with E-state index in [1.165, 1.54) is 6.07 Å². The smallest absolute Gasteiger partial charge is 0.368 e. The number of carbonyl (C=O) groups excluding carboxylic acids is 1. The first kappa shape index (κ1) is 23.7. The normalized spacial score (nSPS) is 20.4. The summed E-state index contributed by atoms with van der Waals surface area (Å²) in [6, 6.07) is 5.24. The Bertz CT molecular complexity index is 716. The largest absolute Gasteiger partial charge is 0.416 e. The summed E-state index contributed by atoms with van der Waals surface area (Å²) >= 11 is 0. The zero-order valence-corrected chi connectivity index (χ0v) is 18.6. The molecule has 1 N–H and O–H groups in total. The highest BCUT2D eigenvalue weighted by Crippen LogP contribution is 2.29. The lowest BCUT2D eigenvalue weighted by atomic mass is 10.1. The quantitative estimate of drug-likeness (QED) is 0.374. The number of guanidine groups is 1. The number of nitrogens with one attached hydrogen (secondary N) is 1. The average Bonchev–Trinajstić information content (AvgIpc) is 3.23. The van der Waals surface area contributed by atoms with E-state index in [-0.39, 0.29) is 42.5 Å². The molecule has 2 saturated heterocycles. The van der Waals surface area contributed by atoms with Crippen molar-refractivity contribution in [2.45, 2.75) is 31.7 Å². The summed E-state index contributed by atoms with van der Waals surface area (Å²) in [5.74, 6) is 0.658. The van der Waals surface area contributed by atoms with Crippen LogP contribution in [-0.4, -0.2) is 67.6 Å². The Labute approximate surface area is 185 Å². The topological polar surface area (TPSA) is 57.2 Å². The third-order valence-electron chi connectivity index (χ3n) is 5.01. The molecule has 0 aliphatic carbocycles. The average molecular weight is 526 g/mol. The summed E-state index contributed by atoms with van der Waals surface area (Å²) in [7, 11) is 1.64. The van der Waals surface area contributed by atoms with Gasteiger partial charge in [0, 0.05) is 46.4 Å². The van der Waals surface area contributed by atoms with Gasteiger partial charge in [-0.2, -0.15) is 13.2 Å². The second-order valence-corrected chi connectivity index (χ2v) is 6.91. The van der Waals surface area contributed by atoms with E-state index in [4.69, 9.17) is 4.74 Å². The van der Waals surface area contributed by atoms with Gasteiger partial charge in [0.05, 0.1) is 5.56 Å². The predicted molar refractivity (Wildman–Crippen MR) is 114 cm³/mol. The summed E-state index contributed by atoms with van der Waals surface area (Å²) in [5.41, 5.74) is -0.133. The predicted octanol–water partition coefficient (Wildman–Crippen LogP) is 2.72. The Morgan fingerprint density at radius 1 is 1.24 bits per heavy atom. The fourth-order valence-corrected chi connectivity index (χ4v) is 3.49. The number of rotatable bonds is 3. The van der Waals surface area contributed by atoms with E-state index in [9.17, 15) is 18.0 Å².